The molecule has 0 spiro atoms. The van der Waals surface area contributed by atoms with Crippen LogP contribution in [0, 0.1) is 0 Å². The lowest BCUT2D eigenvalue weighted by Crippen LogP contribution is -2.34. The first-order chi connectivity index (χ1) is 12.5. The molecule has 2 aromatic carbocycles. The third kappa shape index (κ3) is 3.84. The SMILES string of the molecule is COC(OC)(c1c(Cl)c(Cl)c(Cl)c(Cl)c1Cl)c1c(Cl)c(Cl)c(Cl)c(Cl)c1Cl. The molecule has 0 aliphatic heterocycles. The number of methoxy groups -OCH3 is 2. The lowest BCUT2D eigenvalue weighted by Gasteiger charge is -2.35. The molecule has 0 saturated heterocycles. The first-order valence-corrected chi connectivity index (χ1v) is 10.4. The van der Waals surface area contributed by atoms with Gasteiger partial charge in [0.15, 0.2) is 0 Å². The Labute approximate surface area is 205 Å². The van der Waals surface area contributed by atoms with Crippen LogP contribution in [0.25, 0.3) is 0 Å². The van der Waals surface area contributed by atoms with E-state index in [1.807, 2.05) is 0 Å². The first-order valence-electron chi connectivity index (χ1n) is 6.61. The highest BCUT2D eigenvalue weighted by molar-refractivity contribution is 6.56. The van der Waals surface area contributed by atoms with Crippen LogP contribution in [0.4, 0.5) is 0 Å². The maximum absolute atomic E-state index is 6.39. The van der Waals surface area contributed by atoms with Crippen LogP contribution in [-0.4, -0.2) is 14.2 Å². The van der Waals surface area contributed by atoms with E-state index in [1.165, 1.54) is 14.2 Å². The summed E-state index contributed by atoms with van der Waals surface area (Å²) in [5.41, 5.74) is -0.0121. The molecule has 2 rings (SSSR count). The lowest BCUT2D eigenvalue weighted by molar-refractivity contribution is -0.183. The van der Waals surface area contributed by atoms with Gasteiger partial charge < -0.3 is 9.47 Å². The fraction of sp³-hybridized carbons (Fsp3) is 0.200. The van der Waals surface area contributed by atoms with Gasteiger partial charge in [0.1, 0.15) is 0 Å². The molecular weight excluding hydrogens is 567 g/mol. The van der Waals surface area contributed by atoms with Gasteiger partial charge in [0.25, 0.3) is 0 Å². The minimum absolute atomic E-state index is 0.00603. The quantitative estimate of drug-likeness (QED) is 0.206. The van der Waals surface area contributed by atoms with Crippen molar-refractivity contribution in [2.45, 2.75) is 5.79 Å². The van der Waals surface area contributed by atoms with Gasteiger partial charge in [0, 0.05) is 14.2 Å². The fourth-order valence-electron chi connectivity index (χ4n) is 2.40. The first kappa shape index (κ1) is 24.5. The molecule has 0 saturated carbocycles. The molecule has 12 heteroatoms. The topological polar surface area (TPSA) is 18.5 Å². The molecule has 0 aromatic heterocycles. The molecular formula is C15H6Cl10O2. The largest absolute Gasteiger partial charge is 0.345 e. The van der Waals surface area contributed by atoms with E-state index in [2.05, 4.69) is 0 Å². The lowest BCUT2D eigenvalue weighted by atomic mass is 9.96. The van der Waals surface area contributed by atoms with Gasteiger partial charge in [-0.1, -0.05) is 116 Å². The minimum Gasteiger partial charge on any atom is -0.345 e. The number of rotatable bonds is 4. The maximum atomic E-state index is 6.39. The third-order valence-electron chi connectivity index (χ3n) is 3.65. The second-order valence-corrected chi connectivity index (χ2v) is 8.69. The average molecular weight is 573 g/mol. The van der Waals surface area contributed by atoms with Crippen molar-refractivity contribution in [3.8, 4) is 0 Å². The van der Waals surface area contributed by atoms with Crippen LogP contribution in [0.15, 0.2) is 0 Å². The number of hydrogen-bond donors (Lipinski definition) is 0. The molecule has 2 aromatic rings. The normalized spacial score (nSPS) is 12.0. The van der Waals surface area contributed by atoms with E-state index < -0.39 is 5.79 Å². The standard InChI is InChI=1S/C15H6Cl10O2/c1-26-15(27-2,3-5(16)9(20)13(24)10(21)6(3)17)4-7(18)11(22)14(25)12(23)8(4)19/h1-2H3. The molecule has 0 aliphatic rings. The zero-order valence-electron chi connectivity index (χ0n) is 13.1. The molecule has 0 amide bonds. The Bertz CT molecular complexity index is 794. The molecule has 148 valence electrons. The molecule has 27 heavy (non-hydrogen) atoms. The van der Waals surface area contributed by atoms with Crippen molar-refractivity contribution in [2.24, 2.45) is 0 Å². The van der Waals surface area contributed by atoms with E-state index in [1.54, 1.807) is 0 Å². The summed E-state index contributed by atoms with van der Waals surface area (Å²) in [5, 5.41) is -0.852. The van der Waals surface area contributed by atoms with Gasteiger partial charge in [-0.2, -0.15) is 0 Å². The van der Waals surface area contributed by atoms with Crippen molar-refractivity contribution in [3.63, 3.8) is 0 Å². The highest BCUT2D eigenvalue weighted by atomic mass is 35.5. The molecule has 0 bridgehead atoms. The Hall–Kier alpha value is 1.26. The van der Waals surface area contributed by atoms with E-state index in [-0.39, 0.29) is 61.4 Å². The molecule has 0 radical (unpaired) electrons. The van der Waals surface area contributed by atoms with Crippen molar-refractivity contribution in [3.05, 3.63) is 61.4 Å². The molecule has 0 aliphatic carbocycles. The third-order valence-corrected chi connectivity index (χ3v) is 8.21. The Morgan fingerprint density at radius 1 is 0.407 bits per heavy atom. The van der Waals surface area contributed by atoms with E-state index >= 15 is 0 Å². The van der Waals surface area contributed by atoms with Gasteiger partial charge in [0.2, 0.25) is 5.79 Å². The van der Waals surface area contributed by atoms with Crippen LogP contribution in [0.3, 0.4) is 0 Å². The van der Waals surface area contributed by atoms with Crippen LogP contribution in [0.1, 0.15) is 11.1 Å². The van der Waals surface area contributed by atoms with E-state index in [0.29, 0.717) is 0 Å². The molecule has 0 heterocycles. The van der Waals surface area contributed by atoms with Gasteiger partial charge in [-0.15, -0.1) is 0 Å². The Kier molecular flexibility index (Phi) is 8.34. The van der Waals surface area contributed by atoms with E-state index in [4.69, 9.17) is 125 Å². The number of halogens is 10. The van der Waals surface area contributed by atoms with Gasteiger partial charge in [-0.3, -0.25) is 0 Å². The molecule has 0 fully saturated rings. The average Bonchev–Trinajstić information content (AvgIpc) is 2.66. The van der Waals surface area contributed by atoms with Crippen LogP contribution in [-0.2, 0) is 15.3 Å². The van der Waals surface area contributed by atoms with Crippen LogP contribution in [0.2, 0.25) is 50.2 Å². The molecule has 0 N–H and O–H groups in total. The second-order valence-electron chi connectivity index (χ2n) is 4.91. The van der Waals surface area contributed by atoms with E-state index in [0.717, 1.165) is 0 Å². The molecule has 0 unspecified atom stereocenters. The Morgan fingerprint density at radius 3 is 0.778 bits per heavy atom. The summed E-state index contributed by atoms with van der Waals surface area (Å²) < 4.78 is 11.2. The Balaban J connectivity index is 3.09. The monoisotopic (exact) mass is 568 g/mol. The van der Waals surface area contributed by atoms with Gasteiger partial charge in [0.05, 0.1) is 61.4 Å². The fourth-order valence-corrected chi connectivity index (χ4v) is 5.18. The zero-order chi connectivity index (χ0) is 20.8. The summed E-state index contributed by atoms with van der Waals surface area (Å²) in [7, 11) is 2.57. The van der Waals surface area contributed by atoms with Gasteiger partial charge in [-0.05, 0) is 0 Å². The summed E-state index contributed by atoms with van der Waals surface area (Å²) >= 11 is 62.4. The van der Waals surface area contributed by atoms with Gasteiger partial charge in [-0.25, -0.2) is 0 Å². The predicted octanol–water partition coefficient (Wildman–Crippen LogP) is 9.71. The Morgan fingerprint density at radius 2 is 0.593 bits per heavy atom. The predicted molar refractivity (Wildman–Crippen MR) is 118 cm³/mol. The molecule has 2 nitrogen and oxygen atoms in total. The highest BCUT2D eigenvalue weighted by Gasteiger charge is 2.45. The summed E-state index contributed by atoms with van der Waals surface area (Å²) in [6, 6.07) is 0. The zero-order valence-corrected chi connectivity index (χ0v) is 20.7. The van der Waals surface area contributed by atoms with E-state index in [9.17, 15) is 0 Å². The number of hydrogen-bond acceptors (Lipinski definition) is 2. The van der Waals surface area contributed by atoms with Crippen LogP contribution in [0.5, 0.6) is 0 Å². The summed E-state index contributed by atoms with van der Waals surface area (Å²) in [5.74, 6) is -1.90. The van der Waals surface area contributed by atoms with Crippen molar-refractivity contribution in [1.29, 1.82) is 0 Å². The minimum atomic E-state index is -1.90. The summed E-state index contributed by atoms with van der Waals surface area (Å²) in [6.07, 6.45) is 0. The smallest absolute Gasteiger partial charge is 0.227 e. The van der Waals surface area contributed by atoms with Crippen molar-refractivity contribution < 1.29 is 9.47 Å². The number of benzene rings is 2. The summed E-state index contributed by atoms with van der Waals surface area (Å²) in [4.78, 5) is 0. The van der Waals surface area contributed by atoms with Crippen molar-refractivity contribution in [2.75, 3.05) is 14.2 Å². The second kappa shape index (κ2) is 9.18. The number of ether oxygens (including phenoxy) is 2. The maximum Gasteiger partial charge on any atom is 0.227 e. The summed E-state index contributed by atoms with van der Waals surface area (Å²) in [6.45, 7) is 0. The molecule has 0 atom stereocenters. The van der Waals surface area contributed by atoms with Crippen molar-refractivity contribution in [1.82, 2.24) is 0 Å². The van der Waals surface area contributed by atoms with Crippen LogP contribution < -0.4 is 0 Å². The van der Waals surface area contributed by atoms with Gasteiger partial charge >= 0.3 is 0 Å². The van der Waals surface area contributed by atoms with Crippen LogP contribution >= 0.6 is 116 Å². The van der Waals surface area contributed by atoms with Crippen molar-refractivity contribution >= 4 is 116 Å². The highest BCUT2D eigenvalue weighted by Crippen LogP contribution is 2.55.